The fourth-order valence-electron chi connectivity index (χ4n) is 4.02. The molecule has 1 atom stereocenters. The first-order valence-electron chi connectivity index (χ1n) is 10.1. The van der Waals surface area contributed by atoms with E-state index in [9.17, 15) is 9.59 Å². The number of amides is 2. The number of nitrogens with zero attached hydrogens (tertiary/aromatic N) is 1. The Kier molecular flexibility index (Phi) is 5.60. The highest BCUT2D eigenvalue weighted by Crippen LogP contribution is 2.25. The van der Waals surface area contributed by atoms with E-state index in [-0.39, 0.29) is 17.7 Å². The number of rotatable bonds is 4. The molecule has 5 nitrogen and oxygen atoms in total. The Balaban J connectivity index is 1.36. The van der Waals surface area contributed by atoms with E-state index in [0.717, 1.165) is 61.2 Å². The van der Waals surface area contributed by atoms with Crippen molar-refractivity contribution in [3.63, 3.8) is 0 Å². The van der Waals surface area contributed by atoms with Gasteiger partial charge in [-0.3, -0.25) is 9.59 Å². The number of carbonyl (C=O) groups excluding carboxylic acids is 2. The highest BCUT2D eigenvalue weighted by atomic mass is 16.3. The summed E-state index contributed by atoms with van der Waals surface area (Å²) in [4.78, 5) is 27.4. The number of allylic oxidation sites excluding steroid dienone is 1. The van der Waals surface area contributed by atoms with Crippen LogP contribution >= 0.6 is 0 Å². The van der Waals surface area contributed by atoms with Gasteiger partial charge in [0.25, 0.3) is 0 Å². The highest BCUT2D eigenvalue weighted by molar-refractivity contribution is 5.96. The van der Waals surface area contributed by atoms with Gasteiger partial charge >= 0.3 is 0 Å². The molecule has 1 aromatic carbocycles. The molecule has 2 heterocycles. The summed E-state index contributed by atoms with van der Waals surface area (Å²) in [7, 11) is 0. The van der Waals surface area contributed by atoms with Gasteiger partial charge in [0.05, 0.1) is 12.2 Å². The van der Waals surface area contributed by atoms with Crippen molar-refractivity contribution >= 4 is 17.5 Å². The summed E-state index contributed by atoms with van der Waals surface area (Å²) in [5.74, 6) is 0.754. The molecule has 4 rings (SSSR count). The third kappa shape index (κ3) is 4.19. The molecule has 1 aliphatic carbocycles. The molecule has 1 saturated heterocycles. The zero-order chi connectivity index (χ0) is 19.3. The molecule has 0 saturated carbocycles. The van der Waals surface area contributed by atoms with Crippen LogP contribution in [0.3, 0.4) is 0 Å². The summed E-state index contributed by atoms with van der Waals surface area (Å²) >= 11 is 0. The molecule has 1 aromatic heterocycles. The van der Waals surface area contributed by atoms with Crippen molar-refractivity contribution in [1.29, 1.82) is 0 Å². The molecular weight excluding hydrogens is 352 g/mol. The largest absolute Gasteiger partial charge is 0.464 e. The van der Waals surface area contributed by atoms with Crippen molar-refractivity contribution in [2.45, 2.75) is 38.5 Å². The number of hydrogen-bond donors (Lipinski definition) is 1. The maximum Gasteiger partial charge on any atom is 0.249 e. The van der Waals surface area contributed by atoms with Gasteiger partial charge in [-0.2, -0.15) is 0 Å². The van der Waals surface area contributed by atoms with E-state index >= 15 is 0 Å². The predicted molar refractivity (Wildman–Crippen MR) is 109 cm³/mol. The second-order valence-corrected chi connectivity index (χ2v) is 7.61. The number of furan rings is 1. The van der Waals surface area contributed by atoms with Crippen molar-refractivity contribution in [1.82, 2.24) is 4.90 Å². The minimum Gasteiger partial charge on any atom is -0.464 e. The van der Waals surface area contributed by atoms with E-state index in [1.807, 2.05) is 41.3 Å². The van der Waals surface area contributed by atoms with Crippen LogP contribution in [0.15, 0.2) is 58.7 Å². The van der Waals surface area contributed by atoms with Crippen LogP contribution < -0.4 is 5.32 Å². The van der Waals surface area contributed by atoms with Crippen LogP contribution in [0, 0.1) is 5.92 Å². The zero-order valence-electron chi connectivity index (χ0n) is 16.0. The van der Waals surface area contributed by atoms with Gasteiger partial charge in [-0.05, 0) is 74.9 Å². The molecule has 0 spiro atoms. The Labute approximate surface area is 165 Å². The minimum atomic E-state index is -0.161. The van der Waals surface area contributed by atoms with Gasteiger partial charge in [-0.15, -0.1) is 0 Å². The fourth-order valence-corrected chi connectivity index (χ4v) is 4.02. The van der Waals surface area contributed by atoms with Crippen LogP contribution in [-0.2, 0) is 9.59 Å². The number of anilines is 1. The standard InChI is InChI=1S/C23H26N2O3/c26-22(24-20-12-10-17(11-13-20)21-9-5-15-28-21)19-8-4-14-25(16-19)23(27)18-6-2-1-3-7-18/h5-6,9-13,15,19H,1-4,7-8,14,16H2,(H,24,26). The summed E-state index contributed by atoms with van der Waals surface area (Å²) < 4.78 is 5.39. The smallest absolute Gasteiger partial charge is 0.249 e. The number of piperidine rings is 1. The maximum absolute atomic E-state index is 12.7. The monoisotopic (exact) mass is 378 g/mol. The molecule has 0 radical (unpaired) electrons. The summed E-state index contributed by atoms with van der Waals surface area (Å²) in [5.41, 5.74) is 2.66. The van der Waals surface area contributed by atoms with Gasteiger partial charge in [0.1, 0.15) is 5.76 Å². The van der Waals surface area contributed by atoms with Gasteiger partial charge in [-0.25, -0.2) is 0 Å². The second-order valence-electron chi connectivity index (χ2n) is 7.61. The van der Waals surface area contributed by atoms with E-state index in [1.165, 1.54) is 6.42 Å². The van der Waals surface area contributed by atoms with E-state index in [2.05, 4.69) is 11.4 Å². The van der Waals surface area contributed by atoms with E-state index in [1.54, 1.807) is 6.26 Å². The average molecular weight is 378 g/mol. The van der Waals surface area contributed by atoms with E-state index in [4.69, 9.17) is 4.42 Å². The Morgan fingerprint density at radius 2 is 1.93 bits per heavy atom. The first-order chi connectivity index (χ1) is 13.7. The average Bonchev–Trinajstić information content (AvgIpc) is 3.29. The number of benzene rings is 1. The Morgan fingerprint density at radius 1 is 1.07 bits per heavy atom. The molecule has 2 aliphatic rings. The van der Waals surface area contributed by atoms with Crippen LogP contribution in [0.5, 0.6) is 0 Å². The lowest BCUT2D eigenvalue weighted by molar-refractivity contribution is -0.131. The van der Waals surface area contributed by atoms with Crippen LogP contribution in [0.25, 0.3) is 11.3 Å². The molecular formula is C23H26N2O3. The van der Waals surface area contributed by atoms with Crippen molar-refractivity contribution < 1.29 is 14.0 Å². The third-order valence-electron chi connectivity index (χ3n) is 5.60. The SMILES string of the molecule is O=C(Nc1ccc(-c2ccco2)cc1)C1CCCN(C(=O)C2=CCCCC2)C1. The van der Waals surface area contributed by atoms with Crippen molar-refractivity contribution in [3.05, 3.63) is 54.3 Å². The number of likely N-dealkylation sites (tertiary alicyclic amines) is 1. The van der Waals surface area contributed by atoms with Crippen molar-refractivity contribution in [2.24, 2.45) is 5.92 Å². The van der Waals surface area contributed by atoms with Crippen LogP contribution in [0.2, 0.25) is 0 Å². The lowest BCUT2D eigenvalue weighted by Gasteiger charge is -2.33. The maximum atomic E-state index is 12.7. The predicted octanol–water partition coefficient (Wildman–Crippen LogP) is 4.62. The van der Waals surface area contributed by atoms with Gasteiger partial charge in [-0.1, -0.05) is 6.08 Å². The van der Waals surface area contributed by atoms with Gasteiger partial charge in [0.15, 0.2) is 0 Å². The van der Waals surface area contributed by atoms with Crippen molar-refractivity contribution in [3.8, 4) is 11.3 Å². The van der Waals surface area contributed by atoms with Gasteiger partial charge in [0.2, 0.25) is 11.8 Å². The fraction of sp³-hybridized carbons (Fsp3) is 0.391. The summed E-state index contributed by atoms with van der Waals surface area (Å²) in [6.45, 7) is 1.25. The first kappa shape index (κ1) is 18.5. The second kappa shape index (κ2) is 8.46. The molecule has 5 heteroatoms. The van der Waals surface area contributed by atoms with Gasteiger partial charge in [0, 0.05) is 29.9 Å². The normalized spacial score (nSPS) is 19.8. The minimum absolute atomic E-state index is 0.0131. The molecule has 2 aromatic rings. The Bertz CT molecular complexity index is 852. The highest BCUT2D eigenvalue weighted by Gasteiger charge is 2.30. The van der Waals surface area contributed by atoms with Crippen LogP contribution in [-0.4, -0.2) is 29.8 Å². The van der Waals surface area contributed by atoms with E-state index in [0.29, 0.717) is 6.54 Å². The van der Waals surface area contributed by atoms with E-state index < -0.39 is 0 Å². The molecule has 1 N–H and O–H groups in total. The quantitative estimate of drug-likeness (QED) is 0.844. The molecule has 2 amide bonds. The van der Waals surface area contributed by atoms with Crippen LogP contribution in [0.4, 0.5) is 5.69 Å². The molecule has 0 bridgehead atoms. The number of carbonyl (C=O) groups is 2. The first-order valence-corrected chi connectivity index (χ1v) is 10.1. The zero-order valence-corrected chi connectivity index (χ0v) is 16.0. The van der Waals surface area contributed by atoms with Gasteiger partial charge < -0.3 is 14.6 Å². The summed E-state index contributed by atoms with van der Waals surface area (Å²) in [6.07, 6.45) is 9.53. The lowest BCUT2D eigenvalue weighted by Crippen LogP contribution is -2.44. The number of hydrogen-bond acceptors (Lipinski definition) is 3. The summed E-state index contributed by atoms with van der Waals surface area (Å²) in [5, 5.41) is 3.00. The Hall–Kier alpha value is -2.82. The lowest BCUT2D eigenvalue weighted by atomic mass is 9.94. The molecule has 1 unspecified atom stereocenters. The molecule has 1 aliphatic heterocycles. The molecule has 1 fully saturated rings. The topological polar surface area (TPSA) is 62.6 Å². The van der Waals surface area contributed by atoms with Crippen LogP contribution in [0.1, 0.15) is 38.5 Å². The van der Waals surface area contributed by atoms with Crippen molar-refractivity contribution in [2.75, 3.05) is 18.4 Å². The molecule has 28 heavy (non-hydrogen) atoms. The number of nitrogens with one attached hydrogen (secondary N) is 1. The Morgan fingerprint density at radius 3 is 2.64 bits per heavy atom. The molecule has 146 valence electrons. The third-order valence-corrected chi connectivity index (χ3v) is 5.60. The summed E-state index contributed by atoms with van der Waals surface area (Å²) in [6, 6.07) is 11.4.